The monoisotopic (exact) mass is 413 g/mol. The highest BCUT2D eigenvalue weighted by Gasteiger charge is 2.46. The smallest absolute Gasteiger partial charge is 0.344 e. The Labute approximate surface area is 167 Å². The van der Waals surface area contributed by atoms with E-state index in [0.29, 0.717) is 27.9 Å². The number of nitro groups is 1. The topological polar surface area (TPSA) is 125 Å². The number of ether oxygens (including phenoxy) is 1. The van der Waals surface area contributed by atoms with Crippen LogP contribution in [-0.4, -0.2) is 31.4 Å². The fourth-order valence-corrected chi connectivity index (χ4v) is 4.19. The van der Waals surface area contributed by atoms with Gasteiger partial charge in [-0.15, -0.1) is 11.6 Å². The van der Waals surface area contributed by atoms with E-state index in [4.69, 9.17) is 16.3 Å². The first-order valence-electron chi connectivity index (χ1n) is 8.65. The van der Waals surface area contributed by atoms with Crippen molar-refractivity contribution in [2.24, 2.45) is 0 Å². The predicted octanol–water partition coefficient (Wildman–Crippen LogP) is 1.82. The Hall–Kier alpha value is -3.30. The van der Waals surface area contributed by atoms with E-state index in [1.807, 2.05) is 0 Å². The number of non-ortho nitro benzene ring substituents is 1. The number of benzene rings is 1. The van der Waals surface area contributed by atoms with Crippen LogP contribution in [0.1, 0.15) is 16.7 Å². The lowest BCUT2D eigenvalue weighted by atomic mass is 9.89. The van der Waals surface area contributed by atoms with Crippen LogP contribution in [0.5, 0.6) is 0 Å². The van der Waals surface area contributed by atoms with Crippen molar-refractivity contribution in [2.45, 2.75) is 18.8 Å². The number of aromatic nitrogens is 2. The molecule has 4 heterocycles. The van der Waals surface area contributed by atoms with Gasteiger partial charge in [0.05, 0.1) is 45.2 Å². The number of pyridine rings is 2. The molecule has 0 radical (unpaired) electrons. The molecule has 9 nitrogen and oxygen atoms in total. The van der Waals surface area contributed by atoms with Gasteiger partial charge in [-0.1, -0.05) is 6.07 Å². The molecule has 10 heteroatoms. The zero-order valence-corrected chi connectivity index (χ0v) is 15.5. The highest BCUT2D eigenvalue weighted by Crippen LogP contribution is 2.38. The molecule has 5 rings (SSSR count). The van der Waals surface area contributed by atoms with Gasteiger partial charge in [-0.25, -0.2) is 9.78 Å². The number of hydrogen-bond acceptors (Lipinski definition) is 7. The molecule has 0 amide bonds. The number of alkyl halides is 1. The van der Waals surface area contributed by atoms with Gasteiger partial charge in [0.1, 0.15) is 6.61 Å². The minimum Gasteiger partial charge on any atom is -0.458 e. The summed E-state index contributed by atoms with van der Waals surface area (Å²) < 4.78 is 6.41. The third-order valence-corrected chi connectivity index (χ3v) is 5.79. The lowest BCUT2D eigenvalue weighted by Crippen LogP contribution is -2.46. The number of nitrogens with zero attached hydrogens (tertiary/aromatic N) is 3. The molecule has 0 fully saturated rings. The largest absolute Gasteiger partial charge is 0.458 e. The number of carbonyl (C=O) groups is 1. The number of aliphatic hydroxyl groups is 1. The van der Waals surface area contributed by atoms with E-state index in [9.17, 15) is 24.8 Å². The van der Waals surface area contributed by atoms with E-state index in [1.165, 1.54) is 22.8 Å². The Balaban J connectivity index is 1.79. The third kappa shape index (κ3) is 2.28. The zero-order valence-electron chi connectivity index (χ0n) is 14.7. The Morgan fingerprint density at radius 2 is 2.14 bits per heavy atom. The Kier molecular flexibility index (Phi) is 3.59. The molecule has 1 N–H and O–H groups in total. The van der Waals surface area contributed by atoms with Crippen molar-refractivity contribution in [1.29, 1.82) is 0 Å². The summed E-state index contributed by atoms with van der Waals surface area (Å²) in [5.74, 6) is -1.38. The minimum atomic E-state index is -2.12. The Morgan fingerprint density at radius 3 is 2.86 bits per heavy atom. The molecule has 1 atom stereocenters. The summed E-state index contributed by atoms with van der Waals surface area (Å²) in [6, 6.07) is 7.76. The van der Waals surface area contributed by atoms with Gasteiger partial charge in [-0.2, -0.15) is 0 Å². The second-order valence-corrected chi connectivity index (χ2v) is 7.25. The van der Waals surface area contributed by atoms with E-state index in [0.717, 1.165) is 0 Å². The van der Waals surface area contributed by atoms with Gasteiger partial charge in [-0.05, 0) is 18.2 Å². The molecule has 2 aromatic heterocycles. The molecule has 0 aliphatic carbocycles. The van der Waals surface area contributed by atoms with Crippen LogP contribution in [0.3, 0.4) is 0 Å². The van der Waals surface area contributed by atoms with Crippen LogP contribution in [0, 0.1) is 10.1 Å². The summed E-state index contributed by atoms with van der Waals surface area (Å²) in [6.07, 6.45) is 0. The first kappa shape index (κ1) is 17.8. The number of halogens is 1. The predicted molar refractivity (Wildman–Crippen MR) is 102 cm³/mol. The number of fused-ring (bicyclic) bond motifs is 5. The SMILES string of the molecule is O=C1OCc2c(cc3n(c2=O)Cc2cc4c([N+](=O)[O-])cccc4nc2-3)[C@@]1(O)CCl. The van der Waals surface area contributed by atoms with Crippen molar-refractivity contribution >= 4 is 34.2 Å². The Bertz CT molecular complexity index is 1320. The maximum atomic E-state index is 13.0. The van der Waals surface area contributed by atoms with Crippen LogP contribution in [-0.2, 0) is 28.3 Å². The second-order valence-electron chi connectivity index (χ2n) is 6.98. The normalized spacial score (nSPS) is 19.4. The van der Waals surface area contributed by atoms with Gasteiger partial charge in [0, 0.05) is 17.2 Å². The molecule has 3 aromatic rings. The molecule has 0 spiro atoms. The first-order chi connectivity index (χ1) is 13.8. The van der Waals surface area contributed by atoms with Crippen LogP contribution >= 0.6 is 11.6 Å². The number of hydrogen-bond donors (Lipinski definition) is 1. The second kappa shape index (κ2) is 5.85. The van der Waals surface area contributed by atoms with Crippen molar-refractivity contribution in [2.75, 3.05) is 5.88 Å². The van der Waals surface area contributed by atoms with Crippen LogP contribution < -0.4 is 5.56 Å². The molecule has 29 heavy (non-hydrogen) atoms. The molecule has 0 unspecified atom stereocenters. The van der Waals surface area contributed by atoms with Crippen molar-refractivity contribution < 1.29 is 19.6 Å². The highest BCUT2D eigenvalue weighted by molar-refractivity contribution is 6.20. The molecule has 2 aliphatic heterocycles. The Morgan fingerprint density at radius 1 is 1.34 bits per heavy atom. The molecule has 1 aromatic carbocycles. The van der Waals surface area contributed by atoms with Crippen molar-refractivity contribution in [3.63, 3.8) is 0 Å². The van der Waals surface area contributed by atoms with E-state index in [-0.39, 0.29) is 30.0 Å². The summed E-state index contributed by atoms with van der Waals surface area (Å²) >= 11 is 5.83. The number of nitro benzene ring substituents is 1. The molecule has 146 valence electrons. The number of cyclic esters (lactones) is 1. The van der Waals surface area contributed by atoms with Crippen molar-refractivity contribution in [1.82, 2.24) is 9.55 Å². The molecule has 2 aliphatic rings. The highest BCUT2D eigenvalue weighted by atomic mass is 35.5. The fourth-order valence-electron chi connectivity index (χ4n) is 3.94. The van der Waals surface area contributed by atoms with Crippen molar-refractivity contribution in [3.8, 4) is 11.4 Å². The van der Waals surface area contributed by atoms with E-state index >= 15 is 0 Å². The van der Waals surface area contributed by atoms with Crippen molar-refractivity contribution in [3.05, 3.63) is 67.5 Å². The van der Waals surface area contributed by atoms with Gasteiger partial charge < -0.3 is 14.4 Å². The summed E-state index contributed by atoms with van der Waals surface area (Å²) in [7, 11) is 0. The quantitative estimate of drug-likeness (QED) is 0.230. The van der Waals surface area contributed by atoms with E-state index < -0.39 is 27.9 Å². The zero-order chi connectivity index (χ0) is 20.5. The van der Waals surface area contributed by atoms with Gasteiger partial charge in [0.25, 0.3) is 11.2 Å². The van der Waals surface area contributed by atoms with Gasteiger partial charge in [0.2, 0.25) is 5.60 Å². The van der Waals surface area contributed by atoms with E-state index in [1.54, 1.807) is 12.1 Å². The standard InChI is InChI=1S/C19H12ClN3O6/c20-8-19(26)12-5-15-16-9(6-22(15)17(24)11(12)7-29-18(19)25)4-10-13(21-16)2-1-3-14(10)23(27)28/h1-5,26H,6-8H2/t19-/m0/s1. The number of esters is 1. The third-order valence-electron chi connectivity index (χ3n) is 5.41. The molecular formula is C19H12ClN3O6. The average Bonchev–Trinajstić information content (AvgIpc) is 3.07. The fraction of sp³-hybridized carbons (Fsp3) is 0.211. The summed E-state index contributed by atoms with van der Waals surface area (Å²) in [4.78, 5) is 40.5. The molecule has 0 saturated carbocycles. The van der Waals surface area contributed by atoms with Crippen LogP contribution in [0.2, 0.25) is 0 Å². The lowest BCUT2D eigenvalue weighted by molar-refractivity contribution is -0.383. The first-order valence-corrected chi connectivity index (χ1v) is 9.19. The number of rotatable bonds is 2. The molecule has 0 saturated heterocycles. The maximum absolute atomic E-state index is 13.0. The van der Waals surface area contributed by atoms with Gasteiger partial charge in [0.15, 0.2) is 0 Å². The minimum absolute atomic E-state index is 0.0732. The lowest BCUT2D eigenvalue weighted by Gasteiger charge is -2.30. The van der Waals surface area contributed by atoms with Crippen LogP contribution in [0.15, 0.2) is 35.1 Å². The van der Waals surface area contributed by atoms with Crippen LogP contribution in [0.4, 0.5) is 5.69 Å². The summed E-state index contributed by atoms with van der Waals surface area (Å²) in [5, 5.41) is 22.4. The maximum Gasteiger partial charge on any atom is 0.344 e. The average molecular weight is 414 g/mol. The summed E-state index contributed by atoms with van der Waals surface area (Å²) in [6.45, 7) is -0.0945. The van der Waals surface area contributed by atoms with Gasteiger partial charge in [-0.3, -0.25) is 14.9 Å². The van der Waals surface area contributed by atoms with E-state index in [2.05, 4.69) is 4.98 Å². The number of carbonyl (C=O) groups excluding carboxylic acids is 1. The van der Waals surface area contributed by atoms with Gasteiger partial charge >= 0.3 is 5.97 Å². The van der Waals surface area contributed by atoms with Crippen LogP contribution in [0.25, 0.3) is 22.3 Å². The molecule has 0 bridgehead atoms. The summed E-state index contributed by atoms with van der Waals surface area (Å²) in [5.41, 5.74) is -0.447. The molecular weight excluding hydrogens is 402 g/mol.